The van der Waals surface area contributed by atoms with E-state index < -0.39 is 69.8 Å². The first-order chi connectivity index (χ1) is 14.6. The van der Waals surface area contributed by atoms with Crippen LogP contribution < -0.4 is 9.80 Å². The maximum atomic E-state index is 14.3. The summed E-state index contributed by atoms with van der Waals surface area (Å²) in [5.41, 5.74) is -3.70. The van der Waals surface area contributed by atoms with Crippen molar-refractivity contribution in [3.63, 3.8) is 0 Å². The van der Waals surface area contributed by atoms with E-state index in [1.165, 1.54) is 6.92 Å². The molecule has 0 saturated carbocycles. The maximum Gasteiger partial charge on any atom is 0.416 e. The monoisotopic (exact) mass is 477 g/mol. The minimum Gasteiger partial charge on any atom is -0.380 e. The van der Waals surface area contributed by atoms with E-state index in [1.54, 1.807) is 0 Å². The van der Waals surface area contributed by atoms with Crippen molar-refractivity contribution in [1.29, 1.82) is 0 Å². The topological polar surface area (TPSA) is 73.7 Å². The average Bonchev–Trinajstić information content (AvgIpc) is 2.91. The molecule has 0 unspecified atom stereocenters. The van der Waals surface area contributed by atoms with Crippen molar-refractivity contribution in [1.82, 2.24) is 4.98 Å². The Morgan fingerprint density at radius 3 is 2.47 bits per heavy atom. The molecule has 0 bridgehead atoms. The summed E-state index contributed by atoms with van der Waals surface area (Å²) in [5, 5.41) is 9.97. The summed E-state index contributed by atoms with van der Waals surface area (Å²) < 4.78 is 67.5. The molecule has 0 aliphatic carbocycles. The van der Waals surface area contributed by atoms with E-state index in [-0.39, 0.29) is 5.69 Å². The molecular formula is C20H17ClF5N3O3. The zero-order valence-electron chi connectivity index (χ0n) is 17.0. The number of nitrogens with zero attached hydrogens (tertiary/aromatic N) is 3. The third-order valence-corrected chi connectivity index (χ3v) is 5.35. The number of rotatable bonds is 3. The summed E-state index contributed by atoms with van der Waals surface area (Å²) in [5.74, 6) is -4.68. The number of amides is 2. The summed E-state index contributed by atoms with van der Waals surface area (Å²) in [6.07, 6.45) is -5.25. The van der Waals surface area contributed by atoms with Crippen molar-refractivity contribution < 1.29 is 36.6 Å². The second-order valence-corrected chi connectivity index (χ2v) is 8.04. The van der Waals surface area contributed by atoms with Crippen LogP contribution in [-0.4, -0.2) is 40.6 Å². The largest absolute Gasteiger partial charge is 0.416 e. The molecule has 1 N–H and O–H groups in total. The zero-order valence-corrected chi connectivity index (χ0v) is 17.7. The van der Waals surface area contributed by atoms with Gasteiger partial charge in [0.2, 0.25) is 5.91 Å². The summed E-state index contributed by atoms with van der Waals surface area (Å²) in [7, 11) is 1.12. The number of aryl methyl sites for hydroxylation is 1. The van der Waals surface area contributed by atoms with Gasteiger partial charge in [0, 0.05) is 25.2 Å². The second kappa shape index (κ2) is 7.96. The van der Waals surface area contributed by atoms with E-state index >= 15 is 0 Å². The van der Waals surface area contributed by atoms with Crippen molar-refractivity contribution in [2.45, 2.75) is 38.1 Å². The van der Waals surface area contributed by atoms with Crippen LogP contribution in [0.25, 0.3) is 0 Å². The molecule has 1 aromatic heterocycles. The fourth-order valence-corrected chi connectivity index (χ4v) is 3.62. The number of halogens is 6. The second-order valence-electron chi connectivity index (χ2n) is 7.64. The summed E-state index contributed by atoms with van der Waals surface area (Å²) >= 11 is 5.66. The highest BCUT2D eigenvalue weighted by Crippen LogP contribution is 2.37. The Hall–Kier alpha value is -2.79. The van der Waals surface area contributed by atoms with Gasteiger partial charge in [-0.2, -0.15) is 13.2 Å². The van der Waals surface area contributed by atoms with Crippen LogP contribution in [0.2, 0.25) is 5.02 Å². The van der Waals surface area contributed by atoms with Crippen LogP contribution in [0.3, 0.4) is 0 Å². The first kappa shape index (κ1) is 23.9. The molecule has 2 heterocycles. The first-order valence-corrected chi connectivity index (χ1v) is 9.55. The molecule has 12 heteroatoms. The Balaban J connectivity index is 2.07. The minimum absolute atomic E-state index is 0.0786. The van der Waals surface area contributed by atoms with Gasteiger partial charge >= 0.3 is 6.18 Å². The highest BCUT2D eigenvalue weighted by molar-refractivity contribution is 6.31. The van der Waals surface area contributed by atoms with Gasteiger partial charge < -0.3 is 10.0 Å². The molecule has 2 amide bonds. The normalized spacial score (nSPS) is 21.2. The van der Waals surface area contributed by atoms with E-state index in [0.29, 0.717) is 17.0 Å². The van der Waals surface area contributed by atoms with E-state index in [9.17, 15) is 36.6 Å². The Labute approximate surface area is 184 Å². The van der Waals surface area contributed by atoms with Gasteiger partial charge in [0.15, 0.2) is 0 Å². The Bertz CT molecular complexity index is 1110. The molecule has 32 heavy (non-hydrogen) atoms. The highest BCUT2D eigenvalue weighted by atomic mass is 35.5. The van der Waals surface area contributed by atoms with Crippen molar-refractivity contribution in [3.05, 3.63) is 52.2 Å². The van der Waals surface area contributed by atoms with E-state index in [4.69, 9.17) is 11.6 Å². The van der Waals surface area contributed by atoms with Gasteiger partial charge in [-0.05, 0) is 32.0 Å². The number of pyridine rings is 1. The predicted molar refractivity (Wildman–Crippen MR) is 105 cm³/mol. The van der Waals surface area contributed by atoms with Gasteiger partial charge in [-0.1, -0.05) is 11.6 Å². The van der Waals surface area contributed by atoms with Crippen LogP contribution in [0, 0.1) is 18.6 Å². The molecule has 3 rings (SSSR count). The van der Waals surface area contributed by atoms with E-state index in [1.807, 2.05) is 0 Å². The number of benzene rings is 1. The predicted octanol–water partition coefficient (Wildman–Crippen LogP) is 3.86. The Kier molecular flexibility index (Phi) is 5.94. The van der Waals surface area contributed by atoms with E-state index in [2.05, 4.69) is 4.98 Å². The van der Waals surface area contributed by atoms with Crippen LogP contribution in [0.1, 0.15) is 24.6 Å². The standard InChI is InChI=1S/C20H17ClF5N3O3/c1-9-4-10(20(24,25)26)5-16(27-9)29-15(8-19(2,32)18(29)31)17(30)28(3)14-6-11(21)12(22)7-13(14)23/h4-7,15,32H,8H2,1-3H3/t15-,19-/m0/s1. The lowest BCUT2D eigenvalue weighted by atomic mass is 10.0. The van der Waals surface area contributed by atoms with Gasteiger partial charge in [0.1, 0.15) is 29.1 Å². The van der Waals surface area contributed by atoms with Crippen LogP contribution >= 0.6 is 11.6 Å². The van der Waals surface area contributed by atoms with Crippen LogP contribution in [-0.2, 0) is 15.8 Å². The lowest BCUT2D eigenvalue weighted by Crippen LogP contribution is -2.47. The molecule has 1 fully saturated rings. The quantitative estimate of drug-likeness (QED) is 0.538. The van der Waals surface area contributed by atoms with Gasteiger partial charge in [0.05, 0.1) is 16.3 Å². The van der Waals surface area contributed by atoms with Crippen molar-refractivity contribution in [3.8, 4) is 0 Å². The third kappa shape index (κ3) is 4.26. The summed E-state index contributed by atoms with van der Waals surface area (Å²) in [6.45, 7) is 2.38. The smallest absolute Gasteiger partial charge is 0.380 e. The van der Waals surface area contributed by atoms with Gasteiger partial charge in [-0.15, -0.1) is 0 Å². The molecule has 1 aliphatic rings. The molecule has 2 aromatic rings. The fourth-order valence-electron chi connectivity index (χ4n) is 3.47. The molecular weight excluding hydrogens is 461 g/mol. The van der Waals surface area contributed by atoms with Crippen LogP contribution in [0.4, 0.5) is 33.5 Å². The van der Waals surface area contributed by atoms with Gasteiger partial charge in [0.25, 0.3) is 5.91 Å². The van der Waals surface area contributed by atoms with E-state index in [0.717, 1.165) is 31.0 Å². The van der Waals surface area contributed by atoms with Gasteiger partial charge in [-0.3, -0.25) is 14.5 Å². The van der Waals surface area contributed by atoms with Crippen LogP contribution in [0.5, 0.6) is 0 Å². The molecule has 172 valence electrons. The molecule has 0 radical (unpaired) electrons. The number of aliphatic hydroxyl groups is 1. The zero-order chi connectivity index (χ0) is 24.2. The number of hydrogen-bond acceptors (Lipinski definition) is 4. The molecule has 1 aliphatic heterocycles. The van der Waals surface area contributed by atoms with Crippen molar-refractivity contribution >= 4 is 34.9 Å². The lowest BCUT2D eigenvalue weighted by molar-refractivity contribution is -0.137. The summed E-state index contributed by atoms with van der Waals surface area (Å²) in [4.78, 5) is 31.3. The molecule has 2 atom stereocenters. The Morgan fingerprint density at radius 1 is 1.25 bits per heavy atom. The van der Waals surface area contributed by atoms with Crippen molar-refractivity contribution in [2.75, 3.05) is 16.8 Å². The molecule has 1 saturated heterocycles. The minimum atomic E-state index is -4.75. The molecule has 6 nitrogen and oxygen atoms in total. The number of carbonyl (C=O) groups is 2. The molecule has 1 aromatic carbocycles. The van der Waals surface area contributed by atoms with Crippen molar-refractivity contribution in [2.24, 2.45) is 0 Å². The lowest BCUT2D eigenvalue weighted by Gasteiger charge is -2.28. The SMILES string of the molecule is Cc1cc(C(F)(F)F)cc(N2C(=O)[C@@](C)(O)C[C@H]2C(=O)N(C)c2cc(Cl)c(F)cc2F)n1. The number of aromatic nitrogens is 1. The fraction of sp³-hybridized carbons (Fsp3) is 0.350. The first-order valence-electron chi connectivity index (χ1n) is 9.17. The number of carbonyl (C=O) groups excluding carboxylic acids is 2. The number of likely N-dealkylation sites (N-methyl/N-ethyl adjacent to an activating group) is 1. The molecule has 0 spiro atoms. The van der Waals surface area contributed by atoms with Crippen LogP contribution in [0.15, 0.2) is 24.3 Å². The number of anilines is 2. The maximum absolute atomic E-state index is 14.3. The third-order valence-electron chi connectivity index (χ3n) is 5.06. The summed E-state index contributed by atoms with van der Waals surface area (Å²) in [6, 6.07) is 1.16. The Morgan fingerprint density at radius 2 is 1.88 bits per heavy atom. The highest BCUT2D eigenvalue weighted by Gasteiger charge is 2.52. The number of hydrogen-bond donors (Lipinski definition) is 1. The number of alkyl halides is 3. The average molecular weight is 478 g/mol. The van der Waals surface area contributed by atoms with Gasteiger partial charge in [-0.25, -0.2) is 13.8 Å².